The highest BCUT2D eigenvalue weighted by molar-refractivity contribution is 7.91. The van der Waals surface area contributed by atoms with E-state index in [1.54, 1.807) is 17.1 Å². The first-order valence-corrected chi connectivity index (χ1v) is 12.2. The second-order valence-electron chi connectivity index (χ2n) is 9.21. The topological polar surface area (TPSA) is 54.5 Å². The molecule has 2 aromatic carbocycles. The average Bonchev–Trinajstić information content (AvgIpc) is 3.04. The van der Waals surface area contributed by atoms with Gasteiger partial charge in [0.1, 0.15) is 0 Å². The lowest BCUT2D eigenvalue weighted by atomic mass is 9.86. The van der Waals surface area contributed by atoms with Crippen molar-refractivity contribution >= 4 is 21.8 Å². The third-order valence-electron chi connectivity index (χ3n) is 5.60. The molecule has 4 nitrogen and oxygen atoms in total. The summed E-state index contributed by atoms with van der Waals surface area (Å²) in [5.41, 5.74) is 4.40. The molecule has 0 spiro atoms. The first-order chi connectivity index (χ1) is 14.0. The zero-order valence-electron chi connectivity index (χ0n) is 18.3. The summed E-state index contributed by atoms with van der Waals surface area (Å²) in [6.07, 6.45) is 3.84. The van der Waals surface area contributed by atoms with Crippen LogP contribution < -0.4 is 0 Å². The van der Waals surface area contributed by atoms with Crippen LogP contribution in [0.2, 0.25) is 0 Å². The van der Waals surface area contributed by atoms with Gasteiger partial charge in [0.25, 0.3) is 0 Å². The molecule has 0 unspecified atom stereocenters. The van der Waals surface area contributed by atoms with Gasteiger partial charge < -0.3 is 4.90 Å². The summed E-state index contributed by atoms with van der Waals surface area (Å²) in [5, 5.41) is 0. The summed E-state index contributed by atoms with van der Waals surface area (Å²) < 4.78 is 24.1. The minimum atomic E-state index is -3.08. The van der Waals surface area contributed by atoms with Crippen LogP contribution in [0.15, 0.2) is 54.6 Å². The molecule has 0 aromatic heterocycles. The van der Waals surface area contributed by atoms with E-state index in [1.807, 2.05) is 43.3 Å². The molecule has 2 aromatic rings. The SMILES string of the molecule is Cc1ccc(/C=C/C(=O)N(Cc2ccc(C(C)(C)C)cc2)[C@@H]2CCS(=O)(=O)C2)cc1. The average molecular weight is 426 g/mol. The molecule has 1 saturated heterocycles. The third kappa shape index (κ3) is 5.82. The van der Waals surface area contributed by atoms with Gasteiger partial charge in [0, 0.05) is 18.7 Å². The summed E-state index contributed by atoms with van der Waals surface area (Å²) >= 11 is 0. The third-order valence-corrected chi connectivity index (χ3v) is 7.35. The normalized spacial score (nSPS) is 18.6. The first kappa shape index (κ1) is 22.3. The quantitative estimate of drug-likeness (QED) is 0.662. The molecule has 1 atom stereocenters. The smallest absolute Gasteiger partial charge is 0.247 e. The molecule has 5 heteroatoms. The Bertz CT molecular complexity index is 1010. The Morgan fingerprint density at radius 3 is 2.23 bits per heavy atom. The number of carbonyl (C=O) groups excluding carboxylic acids is 1. The summed E-state index contributed by atoms with van der Waals surface area (Å²) in [6, 6.07) is 15.9. The van der Waals surface area contributed by atoms with Gasteiger partial charge in [-0.15, -0.1) is 0 Å². The number of sulfone groups is 1. The summed E-state index contributed by atoms with van der Waals surface area (Å²) in [5.74, 6) is 0.0288. The molecule has 160 valence electrons. The largest absolute Gasteiger partial charge is 0.331 e. The van der Waals surface area contributed by atoms with Crippen LogP contribution in [0, 0.1) is 6.92 Å². The van der Waals surface area contributed by atoms with E-state index in [0.717, 1.165) is 16.7 Å². The Morgan fingerprint density at radius 1 is 1.07 bits per heavy atom. The number of hydrogen-bond acceptors (Lipinski definition) is 3. The van der Waals surface area contributed by atoms with E-state index in [1.165, 1.54) is 5.56 Å². The Hall–Kier alpha value is -2.40. The fraction of sp³-hybridized carbons (Fsp3) is 0.400. The maximum Gasteiger partial charge on any atom is 0.247 e. The Balaban J connectivity index is 1.81. The van der Waals surface area contributed by atoms with Gasteiger partial charge in [0.15, 0.2) is 9.84 Å². The van der Waals surface area contributed by atoms with Crippen LogP contribution in [0.25, 0.3) is 6.08 Å². The summed E-state index contributed by atoms with van der Waals surface area (Å²) in [6.45, 7) is 8.92. The predicted molar refractivity (Wildman–Crippen MR) is 123 cm³/mol. The zero-order valence-corrected chi connectivity index (χ0v) is 19.1. The molecule has 0 radical (unpaired) electrons. The summed E-state index contributed by atoms with van der Waals surface area (Å²) in [4.78, 5) is 14.8. The van der Waals surface area contributed by atoms with Gasteiger partial charge in [-0.05, 0) is 41.5 Å². The van der Waals surface area contributed by atoms with E-state index in [9.17, 15) is 13.2 Å². The number of amides is 1. The summed E-state index contributed by atoms with van der Waals surface area (Å²) in [7, 11) is -3.08. The van der Waals surface area contributed by atoms with Crippen LogP contribution in [0.1, 0.15) is 49.4 Å². The van der Waals surface area contributed by atoms with Crippen molar-refractivity contribution < 1.29 is 13.2 Å². The van der Waals surface area contributed by atoms with Crippen molar-refractivity contribution in [3.05, 3.63) is 76.9 Å². The van der Waals surface area contributed by atoms with Crippen LogP contribution in [0.4, 0.5) is 0 Å². The Morgan fingerprint density at radius 2 is 1.70 bits per heavy atom. The van der Waals surface area contributed by atoms with E-state index in [4.69, 9.17) is 0 Å². The van der Waals surface area contributed by atoms with Gasteiger partial charge in [-0.25, -0.2) is 8.42 Å². The number of carbonyl (C=O) groups is 1. The van der Waals surface area contributed by atoms with E-state index >= 15 is 0 Å². The van der Waals surface area contributed by atoms with Crippen molar-refractivity contribution in [2.75, 3.05) is 11.5 Å². The van der Waals surface area contributed by atoms with Gasteiger partial charge in [-0.3, -0.25) is 4.79 Å². The van der Waals surface area contributed by atoms with Crippen LogP contribution in [-0.4, -0.2) is 36.8 Å². The number of hydrogen-bond donors (Lipinski definition) is 0. The second kappa shape index (κ2) is 8.76. The monoisotopic (exact) mass is 425 g/mol. The van der Waals surface area contributed by atoms with Gasteiger partial charge in [-0.1, -0.05) is 74.9 Å². The van der Waals surface area contributed by atoms with Crippen molar-refractivity contribution in [1.29, 1.82) is 0 Å². The maximum absolute atomic E-state index is 13.1. The molecule has 1 aliphatic rings. The maximum atomic E-state index is 13.1. The lowest BCUT2D eigenvalue weighted by Gasteiger charge is -2.28. The van der Waals surface area contributed by atoms with E-state index in [0.29, 0.717) is 13.0 Å². The van der Waals surface area contributed by atoms with Gasteiger partial charge in [-0.2, -0.15) is 0 Å². The molecule has 3 rings (SSSR count). The molecule has 0 saturated carbocycles. The number of benzene rings is 2. The zero-order chi connectivity index (χ0) is 21.9. The van der Waals surface area contributed by atoms with Crippen LogP contribution in [0.3, 0.4) is 0 Å². The predicted octanol–water partition coefficient (Wildman–Crippen LogP) is 4.52. The van der Waals surface area contributed by atoms with Crippen molar-refractivity contribution in [2.45, 2.75) is 52.1 Å². The highest BCUT2D eigenvalue weighted by Crippen LogP contribution is 2.24. The Kier molecular flexibility index (Phi) is 6.51. The van der Waals surface area contributed by atoms with E-state index < -0.39 is 9.84 Å². The molecular formula is C25H31NO3S. The highest BCUT2D eigenvalue weighted by Gasteiger charge is 2.34. The molecule has 1 heterocycles. The first-order valence-electron chi connectivity index (χ1n) is 10.4. The molecule has 0 bridgehead atoms. The van der Waals surface area contributed by atoms with Crippen molar-refractivity contribution in [3.63, 3.8) is 0 Å². The van der Waals surface area contributed by atoms with Crippen molar-refractivity contribution in [3.8, 4) is 0 Å². The lowest BCUT2D eigenvalue weighted by molar-refractivity contribution is -0.128. The highest BCUT2D eigenvalue weighted by atomic mass is 32.2. The van der Waals surface area contributed by atoms with Gasteiger partial charge >= 0.3 is 0 Å². The van der Waals surface area contributed by atoms with E-state index in [-0.39, 0.29) is 28.9 Å². The fourth-order valence-corrected chi connectivity index (χ4v) is 5.39. The van der Waals surface area contributed by atoms with E-state index in [2.05, 4.69) is 32.9 Å². The Labute approximate surface area is 180 Å². The molecule has 1 aliphatic heterocycles. The number of rotatable bonds is 5. The van der Waals surface area contributed by atoms with Gasteiger partial charge in [0.2, 0.25) is 5.91 Å². The van der Waals surface area contributed by atoms with Gasteiger partial charge in [0.05, 0.1) is 11.5 Å². The number of aryl methyl sites for hydroxylation is 1. The fourth-order valence-electron chi connectivity index (χ4n) is 3.66. The van der Waals surface area contributed by atoms with Crippen LogP contribution in [-0.2, 0) is 26.6 Å². The minimum Gasteiger partial charge on any atom is -0.331 e. The molecular weight excluding hydrogens is 394 g/mol. The van der Waals surface area contributed by atoms with Crippen LogP contribution >= 0.6 is 0 Å². The molecule has 30 heavy (non-hydrogen) atoms. The lowest BCUT2D eigenvalue weighted by Crippen LogP contribution is -2.39. The second-order valence-corrected chi connectivity index (χ2v) is 11.4. The molecule has 0 N–H and O–H groups in total. The standard InChI is InChI=1S/C25H31NO3S/c1-19-5-7-20(8-6-19)11-14-24(27)26(23-15-16-30(28,29)18-23)17-21-9-12-22(13-10-21)25(2,3)4/h5-14,23H,15-18H2,1-4H3/b14-11+/t23-/m1/s1. The van der Waals surface area contributed by atoms with Crippen LogP contribution in [0.5, 0.6) is 0 Å². The molecule has 1 fully saturated rings. The molecule has 0 aliphatic carbocycles. The minimum absolute atomic E-state index is 0.0389. The van der Waals surface area contributed by atoms with Crippen molar-refractivity contribution in [2.24, 2.45) is 0 Å². The number of nitrogens with zero attached hydrogens (tertiary/aromatic N) is 1. The van der Waals surface area contributed by atoms with Crippen molar-refractivity contribution in [1.82, 2.24) is 4.90 Å². The molecule has 1 amide bonds.